The molecule has 134 valence electrons. The zero-order chi connectivity index (χ0) is 18.3. The number of fused-ring (bicyclic) bond motifs is 1. The monoisotopic (exact) mass is 413 g/mol. The number of allylic oxidation sites excluding steroid dienone is 1. The van der Waals surface area contributed by atoms with Gasteiger partial charge in [0.15, 0.2) is 0 Å². The first-order valence-corrected chi connectivity index (χ1v) is 9.76. The van der Waals surface area contributed by atoms with Gasteiger partial charge in [0.2, 0.25) is 5.91 Å². The maximum Gasteiger partial charge on any atom is 0.230 e. The van der Waals surface area contributed by atoms with Gasteiger partial charge in [0.25, 0.3) is 0 Å². The van der Waals surface area contributed by atoms with E-state index in [1.54, 1.807) is 0 Å². The smallest absolute Gasteiger partial charge is 0.230 e. The van der Waals surface area contributed by atoms with E-state index in [9.17, 15) is 9.18 Å². The highest BCUT2D eigenvalue weighted by Gasteiger charge is 2.56. The Balaban J connectivity index is 1.81. The first kappa shape index (κ1) is 17.5. The Kier molecular flexibility index (Phi) is 4.47. The summed E-state index contributed by atoms with van der Waals surface area (Å²) in [5.74, 6) is -0.149. The molecule has 3 atom stereocenters. The lowest BCUT2D eigenvalue weighted by Crippen LogP contribution is -2.34. The van der Waals surface area contributed by atoms with Gasteiger partial charge in [-0.15, -0.1) is 0 Å². The molecule has 2 aliphatic rings. The highest BCUT2D eigenvalue weighted by Crippen LogP contribution is 2.54. The van der Waals surface area contributed by atoms with Crippen molar-refractivity contribution in [2.45, 2.75) is 32.4 Å². The predicted octanol–water partition coefficient (Wildman–Crippen LogP) is 5.64. The van der Waals surface area contributed by atoms with Gasteiger partial charge in [0.1, 0.15) is 5.82 Å². The number of hydrogen-bond acceptors (Lipinski definition) is 1. The van der Waals surface area contributed by atoms with Crippen LogP contribution in [0.3, 0.4) is 0 Å². The summed E-state index contributed by atoms with van der Waals surface area (Å²) in [6.45, 7) is 2.54. The van der Waals surface area contributed by atoms with Gasteiger partial charge in [-0.05, 0) is 30.5 Å². The van der Waals surface area contributed by atoms with Crippen molar-refractivity contribution in [2.75, 3.05) is 0 Å². The molecule has 1 fully saturated rings. The summed E-state index contributed by atoms with van der Waals surface area (Å²) < 4.78 is 15.5. The minimum atomic E-state index is -0.465. The molecule has 0 saturated carbocycles. The standard InChI is InChI=1S/C22H21BrFNO/c1-22-12-6-5-9-18(22)20(17-11-10-16(23)13-19(17)24)25(21(22)26)14-15-7-3-2-4-8-15/h2-5,7-11,13,18,20H,6,12,14H2,1H3/t18-,20-,22+/m0/s1. The Morgan fingerprint density at radius 2 is 2.00 bits per heavy atom. The Morgan fingerprint density at radius 3 is 2.73 bits per heavy atom. The van der Waals surface area contributed by atoms with Crippen LogP contribution in [0.5, 0.6) is 0 Å². The molecule has 4 rings (SSSR count). The van der Waals surface area contributed by atoms with Gasteiger partial charge in [0.05, 0.1) is 11.5 Å². The Bertz CT molecular complexity index is 866. The Morgan fingerprint density at radius 1 is 1.23 bits per heavy atom. The minimum absolute atomic E-state index is 0.0110. The zero-order valence-corrected chi connectivity index (χ0v) is 16.2. The third-order valence-corrected chi connectivity index (χ3v) is 6.30. The summed E-state index contributed by atoms with van der Waals surface area (Å²) in [4.78, 5) is 15.3. The quantitative estimate of drug-likeness (QED) is 0.595. The van der Waals surface area contributed by atoms with Crippen LogP contribution in [0.1, 0.15) is 36.9 Å². The largest absolute Gasteiger partial charge is 0.330 e. The number of carbonyl (C=O) groups is 1. The van der Waals surface area contributed by atoms with E-state index in [1.807, 2.05) is 54.3 Å². The number of likely N-dealkylation sites (tertiary alicyclic amines) is 1. The molecular weight excluding hydrogens is 393 g/mol. The average Bonchev–Trinajstić information content (AvgIpc) is 2.84. The van der Waals surface area contributed by atoms with Crippen LogP contribution in [-0.4, -0.2) is 10.8 Å². The number of hydrogen-bond donors (Lipinski definition) is 0. The van der Waals surface area contributed by atoms with Crippen LogP contribution in [0.15, 0.2) is 65.2 Å². The SMILES string of the molecule is C[C@@]12CCC=C[C@H]1[C@H](c1ccc(Br)cc1F)N(Cc1ccccc1)C2=O. The van der Waals surface area contributed by atoms with Gasteiger partial charge < -0.3 is 4.90 Å². The highest BCUT2D eigenvalue weighted by atomic mass is 79.9. The molecule has 1 saturated heterocycles. The van der Waals surface area contributed by atoms with E-state index in [4.69, 9.17) is 0 Å². The fourth-order valence-corrected chi connectivity index (χ4v) is 4.74. The Hall–Kier alpha value is -1.94. The number of halogens is 2. The van der Waals surface area contributed by atoms with Crippen molar-refractivity contribution in [1.82, 2.24) is 4.90 Å². The van der Waals surface area contributed by atoms with Gasteiger partial charge in [-0.25, -0.2) is 4.39 Å². The van der Waals surface area contributed by atoms with Crippen LogP contribution in [0, 0.1) is 17.2 Å². The molecule has 0 radical (unpaired) electrons. The molecule has 1 heterocycles. The number of carbonyl (C=O) groups excluding carboxylic acids is 1. The molecule has 0 bridgehead atoms. The van der Waals surface area contributed by atoms with E-state index in [1.165, 1.54) is 6.07 Å². The molecule has 1 aliphatic carbocycles. The number of benzene rings is 2. The van der Waals surface area contributed by atoms with Crippen LogP contribution in [0.2, 0.25) is 0 Å². The summed E-state index contributed by atoms with van der Waals surface area (Å²) in [6, 6.07) is 14.8. The third kappa shape index (κ3) is 2.81. The van der Waals surface area contributed by atoms with Gasteiger partial charge in [-0.1, -0.05) is 71.4 Å². The molecular formula is C22H21BrFNO. The van der Waals surface area contributed by atoms with Crippen molar-refractivity contribution >= 4 is 21.8 Å². The predicted molar refractivity (Wildman–Crippen MR) is 104 cm³/mol. The summed E-state index contributed by atoms with van der Waals surface area (Å²) >= 11 is 3.33. The molecule has 26 heavy (non-hydrogen) atoms. The number of rotatable bonds is 3. The van der Waals surface area contributed by atoms with Crippen LogP contribution < -0.4 is 0 Å². The van der Waals surface area contributed by atoms with Crippen LogP contribution in [0.25, 0.3) is 0 Å². The lowest BCUT2D eigenvalue weighted by atomic mass is 9.69. The molecule has 2 aromatic carbocycles. The number of nitrogens with zero attached hydrogens (tertiary/aromatic N) is 1. The van der Waals surface area contributed by atoms with E-state index in [0.717, 1.165) is 18.4 Å². The lowest BCUT2D eigenvalue weighted by Gasteiger charge is -2.32. The molecule has 0 unspecified atom stereocenters. The minimum Gasteiger partial charge on any atom is -0.330 e. The van der Waals surface area contributed by atoms with E-state index in [0.29, 0.717) is 16.6 Å². The second-order valence-corrected chi connectivity index (χ2v) is 8.36. The first-order valence-electron chi connectivity index (χ1n) is 8.97. The van der Waals surface area contributed by atoms with Crippen LogP contribution in [0.4, 0.5) is 4.39 Å². The summed E-state index contributed by atoms with van der Waals surface area (Å²) in [5, 5.41) is 0. The molecule has 0 N–H and O–H groups in total. The summed E-state index contributed by atoms with van der Waals surface area (Å²) in [5.41, 5.74) is 1.20. The maximum absolute atomic E-state index is 14.8. The third-order valence-electron chi connectivity index (χ3n) is 5.81. The van der Waals surface area contributed by atoms with Crippen molar-refractivity contribution in [2.24, 2.45) is 11.3 Å². The summed E-state index contributed by atoms with van der Waals surface area (Å²) in [6.07, 6.45) is 5.97. The van der Waals surface area contributed by atoms with Crippen LogP contribution >= 0.6 is 15.9 Å². The van der Waals surface area contributed by atoms with E-state index in [-0.39, 0.29) is 23.7 Å². The molecule has 2 nitrogen and oxygen atoms in total. The first-order chi connectivity index (χ1) is 12.5. The van der Waals surface area contributed by atoms with Crippen molar-refractivity contribution in [1.29, 1.82) is 0 Å². The molecule has 0 spiro atoms. The van der Waals surface area contributed by atoms with E-state index >= 15 is 0 Å². The topological polar surface area (TPSA) is 20.3 Å². The molecule has 4 heteroatoms. The van der Waals surface area contributed by atoms with Gasteiger partial charge in [-0.3, -0.25) is 4.79 Å². The lowest BCUT2D eigenvalue weighted by molar-refractivity contribution is -0.137. The second kappa shape index (κ2) is 6.66. The van der Waals surface area contributed by atoms with Crippen molar-refractivity contribution in [3.8, 4) is 0 Å². The maximum atomic E-state index is 14.8. The fraction of sp³-hybridized carbons (Fsp3) is 0.318. The molecule has 1 aliphatic heterocycles. The van der Waals surface area contributed by atoms with Gasteiger partial charge in [0, 0.05) is 22.5 Å². The van der Waals surface area contributed by atoms with Gasteiger partial charge in [-0.2, -0.15) is 0 Å². The summed E-state index contributed by atoms with van der Waals surface area (Å²) in [7, 11) is 0. The number of amides is 1. The zero-order valence-electron chi connectivity index (χ0n) is 14.7. The Labute approximate surface area is 161 Å². The molecule has 0 aromatic heterocycles. The average molecular weight is 414 g/mol. The van der Waals surface area contributed by atoms with Crippen LogP contribution in [-0.2, 0) is 11.3 Å². The highest BCUT2D eigenvalue weighted by molar-refractivity contribution is 9.10. The molecule has 2 aromatic rings. The van der Waals surface area contributed by atoms with E-state index in [2.05, 4.69) is 28.1 Å². The van der Waals surface area contributed by atoms with Crippen molar-refractivity contribution < 1.29 is 9.18 Å². The normalized spacial score (nSPS) is 27.7. The molecule has 1 amide bonds. The van der Waals surface area contributed by atoms with E-state index < -0.39 is 5.41 Å². The van der Waals surface area contributed by atoms with Gasteiger partial charge >= 0.3 is 0 Å². The fourth-order valence-electron chi connectivity index (χ4n) is 4.41. The second-order valence-electron chi connectivity index (χ2n) is 7.44. The van der Waals surface area contributed by atoms with Crippen molar-refractivity contribution in [3.63, 3.8) is 0 Å². The van der Waals surface area contributed by atoms with Crippen molar-refractivity contribution in [3.05, 3.63) is 82.1 Å².